The Labute approximate surface area is 52.6 Å². The maximum atomic E-state index is 10.2. The molecule has 0 atom stereocenters. The molecule has 0 aromatic heterocycles. The third kappa shape index (κ3) is 3.71. The molecule has 0 amide bonds. The number of nitrogens with two attached hydrogens (primary N) is 1. The molecule has 0 spiro atoms. The second kappa shape index (κ2) is 4.08. The van der Waals surface area contributed by atoms with Gasteiger partial charge in [-0.05, 0) is 0 Å². The highest BCUT2D eigenvalue weighted by Gasteiger charge is 2.14. The fourth-order valence-electron chi connectivity index (χ4n) is 0.192. The fourth-order valence-corrected chi connectivity index (χ4v) is 0.192. The first-order valence-corrected chi connectivity index (χ1v) is 2.18. The lowest BCUT2D eigenvalue weighted by Crippen LogP contribution is -2.43. The highest BCUT2D eigenvalue weighted by molar-refractivity contribution is 6.42. The molecular weight excluding hydrogens is 123 g/mol. The lowest BCUT2D eigenvalue weighted by molar-refractivity contribution is -0.130. The van der Waals surface area contributed by atoms with Gasteiger partial charge in [-0.3, -0.25) is 5.84 Å². The van der Waals surface area contributed by atoms with E-state index in [1.54, 1.807) is 5.34 Å². The van der Waals surface area contributed by atoms with Crippen LogP contribution in [0, 0.1) is 0 Å². The van der Waals surface area contributed by atoms with Crippen LogP contribution in [-0.4, -0.2) is 18.2 Å². The average Bonchev–Trinajstić information content (AvgIpc) is 1.87. The standard InChI is InChI=1S/C3H7BN2O3/c1-2-3(7)9-4(8)6-5/h2,6,8H,1,5H2. The summed E-state index contributed by atoms with van der Waals surface area (Å²) >= 11 is 0. The van der Waals surface area contributed by atoms with E-state index in [9.17, 15) is 4.79 Å². The predicted molar refractivity (Wildman–Crippen MR) is 31.6 cm³/mol. The van der Waals surface area contributed by atoms with Crippen molar-refractivity contribution in [3.05, 3.63) is 12.7 Å². The summed E-state index contributed by atoms with van der Waals surface area (Å²) < 4.78 is 4.11. The van der Waals surface area contributed by atoms with E-state index in [1.165, 1.54) is 0 Å². The smallest absolute Gasteiger partial charge is 0.492 e. The normalized spacial score (nSPS) is 8.22. The van der Waals surface area contributed by atoms with Gasteiger partial charge in [0, 0.05) is 6.08 Å². The van der Waals surface area contributed by atoms with Gasteiger partial charge in [0.25, 0.3) is 0 Å². The van der Waals surface area contributed by atoms with Crippen molar-refractivity contribution in [3.8, 4) is 0 Å². The van der Waals surface area contributed by atoms with E-state index in [4.69, 9.17) is 5.02 Å². The average molecular weight is 130 g/mol. The zero-order chi connectivity index (χ0) is 7.28. The topological polar surface area (TPSA) is 84.6 Å². The van der Waals surface area contributed by atoms with Crippen LogP contribution in [0.15, 0.2) is 12.7 Å². The van der Waals surface area contributed by atoms with E-state index in [0.717, 1.165) is 6.08 Å². The SMILES string of the molecule is C=CC(=O)OB(O)NN. The molecule has 0 heterocycles. The Kier molecular flexibility index (Phi) is 3.69. The van der Waals surface area contributed by atoms with Crippen molar-refractivity contribution in [2.24, 2.45) is 5.84 Å². The zero-order valence-corrected chi connectivity index (χ0v) is 4.70. The molecule has 9 heavy (non-hydrogen) atoms. The lowest BCUT2D eigenvalue weighted by Gasteiger charge is -2.01. The van der Waals surface area contributed by atoms with Crippen molar-refractivity contribution >= 4 is 13.2 Å². The van der Waals surface area contributed by atoms with Gasteiger partial charge < -0.3 is 9.68 Å². The van der Waals surface area contributed by atoms with Gasteiger partial charge in [0.05, 0.1) is 0 Å². The minimum absolute atomic E-state index is 0.736. The van der Waals surface area contributed by atoms with Crippen LogP contribution in [0.4, 0.5) is 0 Å². The summed E-state index contributed by atoms with van der Waals surface area (Å²) in [7, 11) is -1.46. The van der Waals surface area contributed by atoms with Crippen LogP contribution < -0.4 is 11.2 Å². The van der Waals surface area contributed by atoms with Gasteiger partial charge in [-0.1, -0.05) is 6.58 Å². The molecular formula is C3H7BN2O3. The number of hydrogen-bond donors (Lipinski definition) is 3. The van der Waals surface area contributed by atoms with E-state index in [-0.39, 0.29) is 0 Å². The summed E-state index contributed by atoms with van der Waals surface area (Å²) in [5, 5.41) is 10.2. The van der Waals surface area contributed by atoms with Gasteiger partial charge in [0.15, 0.2) is 0 Å². The Hall–Kier alpha value is -0.845. The summed E-state index contributed by atoms with van der Waals surface area (Å²) in [5.41, 5.74) is 0. The molecule has 0 aliphatic heterocycles. The van der Waals surface area contributed by atoms with Crippen molar-refractivity contribution in [3.63, 3.8) is 0 Å². The zero-order valence-electron chi connectivity index (χ0n) is 4.70. The maximum absolute atomic E-state index is 10.2. The van der Waals surface area contributed by atoms with E-state index in [2.05, 4.69) is 17.1 Å². The Morgan fingerprint density at radius 1 is 2.00 bits per heavy atom. The third-order valence-electron chi connectivity index (χ3n) is 0.537. The Morgan fingerprint density at radius 3 is 2.89 bits per heavy atom. The molecule has 0 aromatic carbocycles. The van der Waals surface area contributed by atoms with E-state index < -0.39 is 13.2 Å². The Morgan fingerprint density at radius 2 is 2.56 bits per heavy atom. The van der Waals surface area contributed by atoms with Crippen LogP contribution in [0.25, 0.3) is 0 Å². The summed E-state index contributed by atoms with van der Waals surface area (Å²) in [5.74, 6) is 3.93. The van der Waals surface area contributed by atoms with Crippen LogP contribution in [0.1, 0.15) is 0 Å². The fraction of sp³-hybridized carbons (Fsp3) is 0. The van der Waals surface area contributed by atoms with Crippen LogP contribution in [0.5, 0.6) is 0 Å². The van der Waals surface area contributed by atoms with Gasteiger partial charge in [-0.25, -0.2) is 10.1 Å². The molecule has 5 nitrogen and oxygen atoms in total. The van der Waals surface area contributed by atoms with Gasteiger partial charge in [0.1, 0.15) is 0 Å². The summed E-state index contributed by atoms with van der Waals surface area (Å²) in [6.45, 7) is 3.09. The first kappa shape index (κ1) is 8.15. The first-order chi connectivity index (χ1) is 4.20. The molecule has 0 saturated heterocycles. The Bertz CT molecular complexity index is 118. The number of hydrazine groups is 1. The monoisotopic (exact) mass is 130 g/mol. The summed E-state index contributed by atoms with van der Waals surface area (Å²) in [6, 6.07) is 0. The number of hydrogen-bond acceptors (Lipinski definition) is 5. The molecule has 0 saturated carbocycles. The molecule has 50 valence electrons. The maximum Gasteiger partial charge on any atom is 0.639 e. The molecule has 0 bridgehead atoms. The number of nitrogens with one attached hydrogen (secondary N) is 1. The minimum Gasteiger partial charge on any atom is -0.492 e. The second-order valence-corrected chi connectivity index (χ2v) is 1.16. The lowest BCUT2D eigenvalue weighted by atomic mass is 10.2. The van der Waals surface area contributed by atoms with Crippen molar-refractivity contribution in [1.82, 2.24) is 5.34 Å². The molecule has 0 radical (unpaired) electrons. The second-order valence-electron chi connectivity index (χ2n) is 1.16. The van der Waals surface area contributed by atoms with Crippen LogP contribution in [0.3, 0.4) is 0 Å². The molecule has 4 N–H and O–H groups in total. The van der Waals surface area contributed by atoms with Gasteiger partial charge in [-0.15, -0.1) is 0 Å². The van der Waals surface area contributed by atoms with Gasteiger partial charge in [0.2, 0.25) is 0 Å². The minimum atomic E-state index is -1.46. The largest absolute Gasteiger partial charge is 0.639 e. The van der Waals surface area contributed by atoms with Crippen LogP contribution in [-0.2, 0) is 9.45 Å². The Balaban J connectivity index is 3.46. The van der Waals surface area contributed by atoms with E-state index >= 15 is 0 Å². The first-order valence-electron chi connectivity index (χ1n) is 2.18. The molecule has 0 fully saturated rings. The predicted octanol–water partition coefficient (Wildman–Crippen LogP) is -1.84. The van der Waals surface area contributed by atoms with Crippen molar-refractivity contribution in [1.29, 1.82) is 0 Å². The molecule has 0 aliphatic rings. The number of carbonyl (C=O) groups excluding carboxylic acids is 1. The quantitative estimate of drug-likeness (QED) is 0.181. The van der Waals surface area contributed by atoms with Gasteiger partial charge >= 0.3 is 13.2 Å². The summed E-state index contributed by atoms with van der Waals surface area (Å²) in [4.78, 5) is 10.2. The van der Waals surface area contributed by atoms with Crippen LogP contribution in [0.2, 0.25) is 0 Å². The van der Waals surface area contributed by atoms with Crippen molar-refractivity contribution in [2.75, 3.05) is 0 Å². The van der Waals surface area contributed by atoms with E-state index in [1.807, 2.05) is 0 Å². The molecule has 0 aromatic rings. The number of carbonyl (C=O) groups is 1. The molecule has 0 rings (SSSR count). The third-order valence-corrected chi connectivity index (χ3v) is 0.537. The summed E-state index contributed by atoms with van der Waals surface area (Å²) in [6.07, 6.45) is 0.917. The van der Waals surface area contributed by atoms with E-state index in [0.29, 0.717) is 0 Å². The molecule has 6 heteroatoms. The van der Waals surface area contributed by atoms with Gasteiger partial charge in [-0.2, -0.15) is 0 Å². The number of rotatable bonds is 3. The molecule has 0 aliphatic carbocycles. The van der Waals surface area contributed by atoms with Crippen molar-refractivity contribution < 1.29 is 14.5 Å². The molecule has 0 unspecified atom stereocenters. The highest BCUT2D eigenvalue weighted by atomic mass is 16.6. The van der Waals surface area contributed by atoms with Crippen LogP contribution >= 0.6 is 0 Å². The highest BCUT2D eigenvalue weighted by Crippen LogP contribution is 1.77. The van der Waals surface area contributed by atoms with Crippen molar-refractivity contribution in [2.45, 2.75) is 0 Å².